The molecule has 0 saturated carbocycles. The third-order valence-electron chi connectivity index (χ3n) is 3.63. The third kappa shape index (κ3) is 6.16. The van der Waals surface area contributed by atoms with Crippen molar-refractivity contribution in [3.05, 3.63) is 30.0 Å². The van der Waals surface area contributed by atoms with Crippen LogP contribution >= 0.6 is 0 Å². The molecule has 1 amide bonds. The molecule has 1 atom stereocenters. The van der Waals surface area contributed by atoms with Crippen LogP contribution in [-0.2, 0) is 16.0 Å². The molecule has 7 nitrogen and oxygen atoms in total. The first-order chi connectivity index (χ1) is 12.5. The van der Waals surface area contributed by atoms with E-state index in [9.17, 15) is 9.59 Å². The predicted octanol–water partition coefficient (Wildman–Crippen LogP) is 1.93. The van der Waals surface area contributed by atoms with Gasteiger partial charge in [-0.25, -0.2) is 5.43 Å². The van der Waals surface area contributed by atoms with Gasteiger partial charge in [0.05, 0.1) is 13.2 Å². The topological polar surface area (TPSA) is 95.2 Å². The number of carbonyl (C=O) groups is 2. The van der Waals surface area contributed by atoms with E-state index in [1.165, 1.54) is 6.42 Å². The molecule has 144 valence electrons. The highest BCUT2D eigenvalue weighted by Gasteiger charge is 2.20. The van der Waals surface area contributed by atoms with Gasteiger partial charge in [0.2, 0.25) is 5.78 Å². The molecular weight excluding hydrogens is 332 g/mol. The summed E-state index contributed by atoms with van der Waals surface area (Å²) in [5.74, 6) is -0.291. The molecule has 0 spiro atoms. The number of fused-ring (bicyclic) bond motifs is 1. The molecule has 0 aliphatic heterocycles. The lowest BCUT2D eigenvalue weighted by Gasteiger charge is -2.11. The van der Waals surface area contributed by atoms with Gasteiger partial charge in [-0.2, -0.15) is 0 Å². The highest BCUT2D eigenvalue weighted by Crippen LogP contribution is 2.23. The molecule has 0 aliphatic rings. The van der Waals surface area contributed by atoms with Crippen molar-refractivity contribution in [2.45, 2.75) is 39.7 Å². The molecule has 1 heterocycles. The van der Waals surface area contributed by atoms with Crippen LogP contribution in [0.4, 0.5) is 0 Å². The Kier molecular flexibility index (Phi) is 9.40. The summed E-state index contributed by atoms with van der Waals surface area (Å²) in [7, 11) is 3.27. The maximum atomic E-state index is 11.8. The number of H-pyrrole nitrogens is 1. The van der Waals surface area contributed by atoms with Gasteiger partial charge in [0.1, 0.15) is 5.75 Å². The number of hydrogen-bond donors (Lipinski definition) is 4. The lowest BCUT2D eigenvalue weighted by molar-refractivity contribution is -0.139. The number of hydrogen-bond acceptors (Lipinski definition) is 5. The van der Waals surface area contributed by atoms with Gasteiger partial charge in [-0.1, -0.05) is 20.3 Å². The second-order valence-corrected chi connectivity index (χ2v) is 5.92. The predicted molar refractivity (Wildman–Crippen MR) is 104 cm³/mol. The Balaban J connectivity index is 0.00000105. The first-order valence-electron chi connectivity index (χ1n) is 8.86. The fourth-order valence-electron chi connectivity index (χ4n) is 2.38. The fourth-order valence-corrected chi connectivity index (χ4v) is 2.38. The van der Waals surface area contributed by atoms with E-state index in [1.807, 2.05) is 24.4 Å². The van der Waals surface area contributed by atoms with E-state index < -0.39 is 17.7 Å². The first kappa shape index (κ1) is 21.7. The number of ketones is 1. The first-order valence-corrected chi connectivity index (χ1v) is 8.86. The Labute approximate surface area is 154 Å². The van der Waals surface area contributed by atoms with Gasteiger partial charge in [0.25, 0.3) is 5.91 Å². The second kappa shape index (κ2) is 11.3. The van der Waals surface area contributed by atoms with Crippen molar-refractivity contribution in [1.82, 2.24) is 21.2 Å². The Hall–Kier alpha value is -2.38. The van der Waals surface area contributed by atoms with Crippen LogP contribution in [0.2, 0.25) is 0 Å². The number of Topliss-reactive ketones (excluding diaryl/α,β-unsaturated/α-hetero) is 1. The smallest absolute Gasteiger partial charge is 0.289 e. The van der Waals surface area contributed by atoms with Gasteiger partial charge in [0, 0.05) is 29.7 Å². The molecule has 1 unspecified atom stereocenters. The van der Waals surface area contributed by atoms with E-state index in [1.54, 1.807) is 21.1 Å². The van der Waals surface area contributed by atoms with E-state index in [0.29, 0.717) is 13.0 Å². The third-order valence-corrected chi connectivity index (χ3v) is 3.63. The maximum Gasteiger partial charge on any atom is 0.289 e. The minimum Gasteiger partial charge on any atom is -0.497 e. The molecule has 0 aliphatic carbocycles. The van der Waals surface area contributed by atoms with E-state index in [0.717, 1.165) is 22.2 Å². The molecule has 2 rings (SSSR count). The number of nitrogens with one attached hydrogen (secondary N) is 4. The summed E-state index contributed by atoms with van der Waals surface area (Å²) in [4.78, 5) is 26.7. The van der Waals surface area contributed by atoms with Crippen LogP contribution in [0.15, 0.2) is 24.4 Å². The Morgan fingerprint density at radius 2 is 1.96 bits per heavy atom. The van der Waals surface area contributed by atoms with Crippen molar-refractivity contribution < 1.29 is 14.3 Å². The summed E-state index contributed by atoms with van der Waals surface area (Å²) in [5.41, 5.74) is 7.39. The average molecular weight is 362 g/mol. The number of methoxy groups -OCH3 is 1. The highest BCUT2D eigenvalue weighted by molar-refractivity contribution is 6.38. The van der Waals surface area contributed by atoms with Crippen LogP contribution in [0, 0.1) is 0 Å². The van der Waals surface area contributed by atoms with Gasteiger partial charge >= 0.3 is 0 Å². The molecule has 4 N–H and O–H groups in total. The SMILES string of the molecule is CCC.CNNC(C)C(=O)C(=O)NCCc1c[nH]c2cc(OC)ccc12. The number of rotatable bonds is 8. The number of amides is 1. The van der Waals surface area contributed by atoms with Gasteiger partial charge < -0.3 is 15.0 Å². The van der Waals surface area contributed by atoms with Crippen molar-refractivity contribution in [2.24, 2.45) is 0 Å². The summed E-state index contributed by atoms with van der Waals surface area (Å²) >= 11 is 0. The van der Waals surface area contributed by atoms with Crippen LogP contribution < -0.4 is 20.9 Å². The minimum absolute atomic E-state index is 0.399. The molecule has 0 saturated heterocycles. The molecule has 7 heteroatoms. The molecular formula is C19H30N4O3. The van der Waals surface area contributed by atoms with Crippen molar-refractivity contribution in [3.63, 3.8) is 0 Å². The Bertz CT molecular complexity index is 712. The quantitative estimate of drug-likeness (QED) is 0.425. The molecule has 26 heavy (non-hydrogen) atoms. The summed E-state index contributed by atoms with van der Waals surface area (Å²) in [6.45, 7) is 6.28. The van der Waals surface area contributed by atoms with Crippen molar-refractivity contribution in [2.75, 3.05) is 20.7 Å². The lowest BCUT2D eigenvalue weighted by Crippen LogP contribution is -2.47. The van der Waals surface area contributed by atoms with E-state index >= 15 is 0 Å². The number of aromatic amines is 1. The number of ether oxygens (including phenoxy) is 1. The monoisotopic (exact) mass is 362 g/mol. The molecule has 0 fully saturated rings. The highest BCUT2D eigenvalue weighted by atomic mass is 16.5. The van der Waals surface area contributed by atoms with Gasteiger partial charge in [-0.3, -0.25) is 15.0 Å². The van der Waals surface area contributed by atoms with E-state index in [-0.39, 0.29) is 0 Å². The molecule has 0 bridgehead atoms. The zero-order valence-corrected chi connectivity index (χ0v) is 16.2. The summed E-state index contributed by atoms with van der Waals surface area (Å²) in [6, 6.07) is 5.23. The van der Waals surface area contributed by atoms with Crippen molar-refractivity contribution in [1.29, 1.82) is 0 Å². The van der Waals surface area contributed by atoms with Crippen LogP contribution in [0.1, 0.15) is 32.8 Å². The van der Waals surface area contributed by atoms with Crippen LogP contribution in [0.5, 0.6) is 5.75 Å². The van der Waals surface area contributed by atoms with Crippen LogP contribution in [-0.4, -0.2) is 43.4 Å². The molecule has 1 aromatic heterocycles. The number of carbonyl (C=O) groups excluding carboxylic acids is 2. The zero-order chi connectivity index (χ0) is 19.5. The van der Waals surface area contributed by atoms with Gasteiger partial charge in [-0.15, -0.1) is 0 Å². The minimum atomic E-state index is -0.582. The largest absolute Gasteiger partial charge is 0.497 e. The molecule has 1 aromatic carbocycles. The fraction of sp³-hybridized carbons (Fsp3) is 0.474. The van der Waals surface area contributed by atoms with Crippen molar-refractivity contribution in [3.8, 4) is 5.75 Å². The number of benzene rings is 1. The van der Waals surface area contributed by atoms with Crippen LogP contribution in [0.3, 0.4) is 0 Å². The Morgan fingerprint density at radius 3 is 2.58 bits per heavy atom. The summed E-state index contributed by atoms with van der Waals surface area (Å²) in [6.07, 6.45) is 3.79. The van der Waals surface area contributed by atoms with Gasteiger partial charge in [-0.05, 0) is 38.1 Å². The molecule has 2 aromatic rings. The second-order valence-electron chi connectivity index (χ2n) is 5.92. The van der Waals surface area contributed by atoms with Gasteiger partial charge in [0.15, 0.2) is 0 Å². The summed E-state index contributed by atoms with van der Waals surface area (Å²) < 4.78 is 5.19. The zero-order valence-electron chi connectivity index (χ0n) is 16.2. The van der Waals surface area contributed by atoms with Crippen molar-refractivity contribution >= 4 is 22.6 Å². The maximum absolute atomic E-state index is 11.8. The molecule has 0 radical (unpaired) electrons. The standard InChI is InChI=1S/C16H22N4O3.C3H8/c1-10(20-17-2)15(21)16(22)18-7-6-11-9-19-14-8-12(23-3)4-5-13(11)14;1-3-2/h4-5,8-10,17,19-20H,6-7H2,1-3H3,(H,18,22);3H2,1-2H3. The number of aromatic nitrogens is 1. The number of hydrazine groups is 1. The average Bonchev–Trinajstić information content (AvgIpc) is 3.04. The lowest BCUT2D eigenvalue weighted by atomic mass is 10.1. The summed E-state index contributed by atoms with van der Waals surface area (Å²) in [5, 5.41) is 3.73. The van der Waals surface area contributed by atoms with E-state index in [4.69, 9.17) is 4.74 Å². The van der Waals surface area contributed by atoms with E-state index in [2.05, 4.69) is 35.0 Å². The normalized spacial score (nSPS) is 11.4. The van der Waals surface area contributed by atoms with Crippen LogP contribution in [0.25, 0.3) is 10.9 Å². The Morgan fingerprint density at radius 1 is 1.27 bits per heavy atom.